The Morgan fingerprint density at radius 3 is 2.93 bits per heavy atom. The predicted octanol–water partition coefficient (Wildman–Crippen LogP) is 3.30. The largest absolute Gasteiger partial charge is 0.357 e. The Hall–Kier alpha value is -2.09. The van der Waals surface area contributed by atoms with Gasteiger partial charge in [-0.3, -0.25) is 0 Å². The number of thioether (sulfide) groups is 1. The van der Waals surface area contributed by atoms with E-state index in [1.54, 1.807) is 17.8 Å². The zero-order valence-corrected chi connectivity index (χ0v) is 18.2. The highest BCUT2D eigenvalue weighted by atomic mass is 32.2. The zero-order chi connectivity index (χ0) is 20.5. The predicted molar refractivity (Wildman–Crippen MR) is 118 cm³/mol. The van der Waals surface area contributed by atoms with Crippen LogP contribution in [0.5, 0.6) is 0 Å². The number of aromatic nitrogens is 3. The van der Waals surface area contributed by atoms with Crippen LogP contribution in [0.4, 0.5) is 4.39 Å². The van der Waals surface area contributed by atoms with E-state index in [-0.39, 0.29) is 5.82 Å². The summed E-state index contributed by atoms with van der Waals surface area (Å²) in [5.41, 5.74) is 2.06. The Morgan fingerprint density at radius 2 is 2.10 bits per heavy atom. The summed E-state index contributed by atoms with van der Waals surface area (Å²) in [7, 11) is 0. The summed E-state index contributed by atoms with van der Waals surface area (Å²) in [5, 5.41) is 15.4. The summed E-state index contributed by atoms with van der Waals surface area (Å²) in [6.45, 7) is 5.12. The van der Waals surface area contributed by atoms with Crippen LogP contribution in [0.15, 0.2) is 23.2 Å². The molecule has 29 heavy (non-hydrogen) atoms. The number of benzene rings is 1. The van der Waals surface area contributed by atoms with E-state index >= 15 is 0 Å². The van der Waals surface area contributed by atoms with Crippen LogP contribution in [0.2, 0.25) is 0 Å². The fourth-order valence-corrected chi connectivity index (χ4v) is 4.15. The third kappa shape index (κ3) is 6.19. The standard InChI is InChI=1S/C21H31FN6S/c1-3-23-21(25-14-16-8-9-18(22)13-17(16)15-29-2)24-11-10-20-27-26-19-7-5-4-6-12-28(19)20/h8-9,13H,3-7,10-12,14-15H2,1-2H3,(H2,23,24,25). The SMILES string of the molecule is CCNC(=NCc1ccc(F)cc1CSC)NCCc1nnc2n1CCCCC2. The van der Waals surface area contributed by atoms with Crippen LogP contribution < -0.4 is 10.6 Å². The van der Waals surface area contributed by atoms with Gasteiger partial charge in [0, 0.05) is 38.2 Å². The van der Waals surface area contributed by atoms with E-state index in [2.05, 4.69) is 25.4 Å². The zero-order valence-electron chi connectivity index (χ0n) is 17.4. The van der Waals surface area contributed by atoms with Crippen molar-refractivity contribution in [3.8, 4) is 0 Å². The summed E-state index contributed by atoms with van der Waals surface area (Å²) in [5.74, 6) is 3.52. The third-order valence-corrected chi connectivity index (χ3v) is 5.65. The Balaban J connectivity index is 1.60. The summed E-state index contributed by atoms with van der Waals surface area (Å²) < 4.78 is 15.8. The fourth-order valence-electron chi connectivity index (χ4n) is 3.57. The number of hydrogen-bond acceptors (Lipinski definition) is 4. The molecule has 6 nitrogen and oxygen atoms in total. The lowest BCUT2D eigenvalue weighted by Gasteiger charge is -2.13. The normalized spacial score (nSPS) is 14.4. The van der Waals surface area contributed by atoms with Gasteiger partial charge in [0.2, 0.25) is 0 Å². The third-order valence-electron chi connectivity index (χ3n) is 5.05. The maximum atomic E-state index is 13.6. The van der Waals surface area contributed by atoms with Gasteiger partial charge >= 0.3 is 0 Å². The van der Waals surface area contributed by atoms with Crippen LogP contribution >= 0.6 is 11.8 Å². The van der Waals surface area contributed by atoms with Gasteiger partial charge < -0.3 is 15.2 Å². The molecule has 0 radical (unpaired) electrons. The highest BCUT2D eigenvalue weighted by Gasteiger charge is 2.14. The number of guanidine groups is 1. The summed E-state index contributed by atoms with van der Waals surface area (Å²) in [4.78, 5) is 4.70. The van der Waals surface area contributed by atoms with E-state index in [1.807, 2.05) is 19.2 Å². The van der Waals surface area contributed by atoms with Gasteiger partial charge in [0.25, 0.3) is 0 Å². The molecule has 1 aromatic heterocycles. The molecule has 1 aromatic carbocycles. The van der Waals surface area contributed by atoms with Crippen molar-refractivity contribution in [2.45, 2.75) is 57.9 Å². The van der Waals surface area contributed by atoms with E-state index in [0.29, 0.717) is 6.54 Å². The minimum absolute atomic E-state index is 0.195. The highest BCUT2D eigenvalue weighted by molar-refractivity contribution is 7.97. The Kier molecular flexibility index (Phi) is 8.34. The molecule has 158 valence electrons. The number of nitrogens with one attached hydrogen (secondary N) is 2. The Bertz CT molecular complexity index is 819. The van der Waals surface area contributed by atoms with E-state index in [4.69, 9.17) is 4.99 Å². The van der Waals surface area contributed by atoms with E-state index in [1.165, 1.54) is 25.3 Å². The molecule has 0 saturated carbocycles. The first-order chi connectivity index (χ1) is 14.2. The highest BCUT2D eigenvalue weighted by Crippen LogP contribution is 2.18. The number of aliphatic imine (C=N–C) groups is 1. The molecule has 0 bridgehead atoms. The molecule has 0 aliphatic carbocycles. The second-order valence-corrected chi connectivity index (χ2v) is 8.08. The average Bonchev–Trinajstić information content (AvgIpc) is 2.94. The molecule has 0 fully saturated rings. The topological polar surface area (TPSA) is 67.1 Å². The number of nitrogens with zero attached hydrogens (tertiary/aromatic N) is 4. The van der Waals surface area contributed by atoms with Gasteiger partial charge in [0.15, 0.2) is 5.96 Å². The fraction of sp³-hybridized carbons (Fsp3) is 0.571. The van der Waals surface area contributed by atoms with Crippen molar-refractivity contribution in [3.63, 3.8) is 0 Å². The summed E-state index contributed by atoms with van der Waals surface area (Å²) >= 11 is 1.69. The number of halogens is 1. The number of fused-ring (bicyclic) bond motifs is 1. The van der Waals surface area contributed by atoms with Gasteiger partial charge in [-0.15, -0.1) is 10.2 Å². The molecule has 0 unspecified atom stereocenters. The second-order valence-electron chi connectivity index (χ2n) is 7.21. The van der Waals surface area contributed by atoms with Crippen molar-refractivity contribution < 1.29 is 4.39 Å². The Morgan fingerprint density at radius 1 is 1.21 bits per heavy atom. The van der Waals surface area contributed by atoms with E-state index in [0.717, 1.165) is 67.0 Å². The first-order valence-corrected chi connectivity index (χ1v) is 11.8. The molecular formula is C21H31FN6S. The van der Waals surface area contributed by atoms with Crippen molar-refractivity contribution >= 4 is 17.7 Å². The average molecular weight is 419 g/mol. The molecule has 3 rings (SSSR count). The lowest BCUT2D eigenvalue weighted by Crippen LogP contribution is -2.38. The molecule has 8 heteroatoms. The second kappa shape index (κ2) is 11.2. The smallest absolute Gasteiger partial charge is 0.191 e. The first-order valence-electron chi connectivity index (χ1n) is 10.4. The Labute approximate surface area is 176 Å². The van der Waals surface area contributed by atoms with Gasteiger partial charge in [-0.25, -0.2) is 9.38 Å². The van der Waals surface area contributed by atoms with Crippen LogP contribution in [-0.2, 0) is 31.7 Å². The van der Waals surface area contributed by atoms with Gasteiger partial charge in [-0.1, -0.05) is 12.5 Å². The lowest BCUT2D eigenvalue weighted by molar-refractivity contribution is 0.600. The molecular weight excluding hydrogens is 387 g/mol. The van der Waals surface area contributed by atoms with Crippen LogP contribution in [0.25, 0.3) is 0 Å². The molecule has 0 saturated heterocycles. The summed E-state index contributed by atoms with van der Waals surface area (Å²) in [6.07, 6.45) is 7.53. The van der Waals surface area contributed by atoms with Gasteiger partial charge in [-0.2, -0.15) is 11.8 Å². The molecule has 1 aliphatic heterocycles. The minimum Gasteiger partial charge on any atom is -0.357 e. The molecule has 2 N–H and O–H groups in total. The van der Waals surface area contributed by atoms with Crippen LogP contribution in [-0.4, -0.2) is 40.1 Å². The van der Waals surface area contributed by atoms with Crippen LogP contribution in [0, 0.1) is 5.82 Å². The van der Waals surface area contributed by atoms with E-state index < -0.39 is 0 Å². The van der Waals surface area contributed by atoms with Crippen LogP contribution in [0.3, 0.4) is 0 Å². The number of rotatable bonds is 8. The number of hydrogen-bond donors (Lipinski definition) is 2. The maximum Gasteiger partial charge on any atom is 0.191 e. The molecule has 0 amide bonds. The monoisotopic (exact) mass is 418 g/mol. The van der Waals surface area contributed by atoms with Crippen molar-refractivity contribution in [1.82, 2.24) is 25.4 Å². The van der Waals surface area contributed by atoms with Crippen molar-refractivity contribution in [1.29, 1.82) is 0 Å². The van der Waals surface area contributed by atoms with Crippen molar-refractivity contribution in [2.75, 3.05) is 19.3 Å². The van der Waals surface area contributed by atoms with Gasteiger partial charge in [0.05, 0.1) is 6.54 Å². The van der Waals surface area contributed by atoms with E-state index in [9.17, 15) is 4.39 Å². The quantitative estimate of drug-likeness (QED) is 0.509. The molecule has 2 aromatic rings. The molecule has 2 heterocycles. The molecule has 0 spiro atoms. The maximum absolute atomic E-state index is 13.6. The number of aryl methyl sites for hydroxylation is 1. The van der Waals surface area contributed by atoms with Gasteiger partial charge in [-0.05, 0) is 49.3 Å². The molecule has 0 atom stereocenters. The van der Waals surface area contributed by atoms with Crippen molar-refractivity contribution in [3.05, 3.63) is 46.8 Å². The summed E-state index contributed by atoms with van der Waals surface area (Å²) in [6, 6.07) is 4.95. The van der Waals surface area contributed by atoms with Crippen LogP contribution in [0.1, 0.15) is 49.0 Å². The molecule has 1 aliphatic rings. The minimum atomic E-state index is -0.195. The first kappa shape index (κ1) is 21.6. The van der Waals surface area contributed by atoms with Gasteiger partial charge in [0.1, 0.15) is 17.5 Å². The van der Waals surface area contributed by atoms with Crippen molar-refractivity contribution in [2.24, 2.45) is 4.99 Å². The lowest BCUT2D eigenvalue weighted by atomic mass is 10.1.